The van der Waals surface area contributed by atoms with Gasteiger partial charge in [0.1, 0.15) is 17.6 Å². The van der Waals surface area contributed by atoms with Crippen LogP contribution in [-0.4, -0.2) is 37.3 Å². The van der Waals surface area contributed by atoms with Gasteiger partial charge >= 0.3 is 11.7 Å². The van der Waals surface area contributed by atoms with Crippen LogP contribution in [-0.2, 0) is 17.8 Å². The number of ether oxygens (including phenoxy) is 1. The van der Waals surface area contributed by atoms with E-state index in [-0.39, 0.29) is 18.2 Å². The molecule has 33 heavy (non-hydrogen) atoms. The Bertz CT molecular complexity index is 1340. The second-order valence-electron chi connectivity index (χ2n) is 7.91. The van der Waals surface area contributed by atoms with Crippen LogP contribution in [0.25, 0.3) is 16.9 Å². The van der Waals surface area contributed by atoms with Gasteiger partial charge in [-0.3, -0.25) is 13.9 Å². The highest BCUT2D eigenvalue weighted by atomic mass is 16.5. The Labute approximate surface area is 190 Å². The van der Waals surface area contributed by atoms with Gasteiger partial charge in [-0.1, -0.05) is 24.3 Å². The third-order valence-electron chi connectivity index (χ3n) is 5.34. The molecule has 0 saturated carbocycles. The molecule has 0 spiro atoms. The number of methoxy groups -OCH3 is 1. The summed E-state index contributed by atoms with van der Waals surface area (Å²) in [4.78, 5) is 33.2. The zero-order chi connectivity index (χ0) is 23.5. The lowest BCUT2D eigenvalue weighted by Crippen LogP contribution is -2.24. The van der Waals surface area contributed by atoms with Crippen LogP contribution in [0, 0.1) is 0 Å². The van der Waals surface area contributed by atoms with Crippen LogP contribution >= 0.6 is 0 Å². The van der Waals surface area contributed by atoms with Crippen molar-refractivity contribution in [3.8, 4) is 11.4 Å². The number of hydrogen-bond donors (Lipinski definition) is 2. The number of aromatic nitrogens is 4. The van der Waals surface area contributed by atoms with Crippen LogP contribution in [0.15, 0.2) is 59.7 Å². The number of aliphatic carboxylic acids is 1. The van der Waals surface area contributed by atoms with E-state index in [1.807, 2.05) is 38.1 Å². The Morgan fingerprint density at radius 3 is 2.33 bits per heavy atom. The molecule has 4 aromatic rings. The molecule has 0 aliphatic carbocycles. The molecular formula is C24H25N5O4. The Morgan fingerprint density at radius 2 is 1.73 bits per heavy atom. The van der Waals surface area contributed by atoms with E-state index in [1.54, 1.807) is 40.5 Å². The summed E-state index contributed by atoms with van der Waals surface area (Å²) in [5, 5.41) is 12.4. The quantitative estimate of drug-likeness (QED) is 0.426. The number of carboxylic acid groups (broad SMARTS) is 1. The zero-order valence-electron chi connectivity index (χ0n) is 18.6. The van der Waals surface area contributed by atoms with Crippen LogP contribution in [0.3, 0.4) is 0 Å². The monoisotopic (exact) mass is 447 g/mol. The molecule has 170 valence electrons. The maximum atomic E-state index is 13.4. The van der Waals surface area contributed by atoms with Gasteiger partial charge in [-0.25, -0.2) is 14.8 Å². The normalized spacial score (nSPS) is 11.2. The van der Waals surface area contributed by atoms with Gasteiger partial charge in [0.05, 0.1) is 19.2 Å². The van der Waals surface area contributed by atoms with Gasteiger partial charge in [0, 0.05) is 12.6 Å². The smallest absolute Gasteiger partial charge is 0.335 e. The van der Waals surface area contributed by atoms with Crippen molar-refractivity contribution in [2.75, 3.05) is 12.4 Å². The van der Waals surface area contributed by atoms with Gasteiger partial charge in [0.2, 0.25) is 0 Å². The molecule has 2 N–H and O–H groups in total. The molecule has 0 atom stereocenters. The number of nitrogens with one attached hydrogen (secondary N) is 1. The van der Waals surface area contributed by atoms with Crippen LogP contribution in [0.2, 0.25) is 0 Å². The summed E-state index contributed by atoms with van der Waals surface area (Å²) in [7, 11) is 1.62. The highest BCUT2D eigenvalue weighted by molar-refractivity contribution is 5.85. The highest BCUT2D eigenvalue weighted by Crippen LogP contribution is 2.25. The van der Waals surface area contributed by atoms with Gasteiger partial charge < -0.3 is 15.2 Å². The molecular weight excluding hydrogens is 422 g/mol. The SMILES string of the molecule is COc1ccc(CNc2ncnc3c2n(-c2ccc(CC(=O)O)cc2)c(=O)n3C(C)C)cc1. The molecule has 0 fully saturated rings. The number of nitrogens with zero attached hydrogens (tertiary/aromatic N) is 4. The second-order valence-corrected chi connectivity index (χ2v) is 7.91. The van der Waals surface area contributed by atoms with Crippen molar-refractivity contribution in [3.05, 3.63) is 76.5 Å². The Balaban J connectivity index is 1.79. The van der Waals surface area contributed by atoms with Crippen molar-refractivity contribution in [2.45, 2.75) is 32.9 Å². The number of rotatable bonds is 8. The summed E-state index contributed by atoms with van der Waals surface area (Å²) in [5.74, 6) is 0.397. The third-order valence-corrected chi connectivity index (χ3v) is 5.34. The Hall–Kier alpha value is -4.14. The molecule has 0 saturated heterocycles. The summed E-state index contributed by atoms with van der Waals surface area (Å²) in [5.41, 5.74) is 3.14. The fourth-order valence-electron chi connectivity index (χ4n) is 3.75. The molecule has 9 heteroatoms. The minimum Gasteiger partial charge on any atom is -0.497 e. The Kier molecular flexibility index (Phi) is 6.12. The number of imidazole rings is 1. The molecule has 2 aromatic carbocycles. The van der Waals surface area contributed by atoms with E-state index in [9.17, 15) is 9.59 Å². The van der Waals surface area contributed by atoms with Crippen LogP contribution in [0.5, 0.6) is 5.75 Å². The van der Waals surface area contributed by atoms with E-state index in [0.717, 1.165) is 11.3 Å². The molecule has 0 aliphatic rings. The number of benzene rings is 2. The van der Waals surface area contributed by atoms with Gasteiger partial charge in [-0.15, -0.1) is 0 Å². The fourth-order valence-corrected chi connectivity index (χ4v) is 3.75. The molecule has 4 rings (SSSR count). The summed E-state index contributed by atoms with van der Waals surface area (Å²) in [6.07, 6.45) is 1.36. The standard InChI is InChI=1S/C24H25N5O4/c1-15(2)28-23-21(29(24(28)32)18-8-4-16(5-9-18)12-20(30)31)22(26-14-27-23)25-13-17-6-10-19(33-3)11-7-17/h4-11,14-15H,12-13H2,1-3H3,(H,30,31)(H,25,26,27). The number of fused-ring (bicyclic) bond motifs is 1. The number of anilines is 1. The topological polar surface area (TPSA) is 111 Å². The van der Waals surface area contributed by atoms with Crippen molar-refractivity contribution in [1.82, 2.24) is 19.1 Å². The lowest BCUT2D eigenvalue weighted by atomic mass is 10.1. The predicted octanol–water partition coefficient (Wildman–Crippen LogP) is 3.41. The molecule has 0 unspecified atom stereocenters. The third kappa shape index (κ3) is 4.43. The maximum Gasteiger partial charge on any atom is 0.335 e. The lowest BCUT2D eigenvalue weighted by Gasteiger charge is -2.10. The van der Waals surface area contributed by atoms with E-state index >= 15 is 0 Å². The van der Waals surface area contributed by atoms with Crippen LogP contribution in [0.4, 0.5) is 5.82 Å². The first-order valence-corrected chi connectivity index (χ1v) is 10.5. The first kappa shape index (κ1) is 22.1. The van der Waals surface area contributed by atoms with Crippen molar-refractivity contribution in [3.63, 3.8) is 0 Å². The summed E-state index contributed by atoms with van der Waals surface area (Å²) in [6, 6.07) is 14.5. The highest BCUT2D eigenvalue weighted by Gasteiger charge is 2.21. The van der Waals surface area contributed by atoms with Gasteiger partial charge in [0.25, 0.3) is 0 Å². The van der Waals surface area contributed by atoms with E-state index < -0.39 is 5.97 Å². The largest absolute Gasteiger partial charge is 0.497 e. The first-order valence-electron chi connectivity index (χ1n) is 10.5. The molecule has 2 aromatic heterocycles. The van der Waals surface area contributed by atoms with Crippen LogP contribution in [0.1, 0.15) is 31.0 Å². The summed E-state index contributed by atoms with van der Waals surface area (Å²) < 4.78 is 8.40. The fraction of sp³-hybridized carbons (Fsp3) is 0.250. The number of carboxylic acids is 1. The van der Waals surface area contributed by atoms with Gasteiger partial charge in [-0.05, 0) is 49.2 Å². The van der Waals surface area contributed by atoms with E-state index in [2.05, 4.69) is 15.3 Å². The van der Waals surface area contributed by atoms with Crippen LogP contribution < -0.4 is 15.7 Å². The second kappa shape index (κ2) is 9.15. The minimum atomic E-state index is -0.908. The molecule has 0 amide bonds. The van der Waals surface area contributed by atoms with E-state index in [0.29, 0.717) is 34.8 Å². The van der Waals surface area contributed by atoms with Gasteiger partial charge in [0.15, 0.2) is 11.5 Å². The van der Waals surface area contributed by atoms with Crippen molar-refractivity contribution >= 4 is 23.0 Å². The molecule has 9 nitrogen and oxygen atoms in total. The average Bonchev–Trinajstić information content (AvgIpc) is 3.10. The zero-order valence-corrected chi connectivity index (χ0v) is 18.6. The van der Waals surface area contributed by atoms with Crippen molar-refractivity contribution < 1.29 is 14.6 Å². The first-order chi connectivity index (χ1) is 15.9. The molecule has 0 aliphatic heterocycles. The molecule has 0 radical (unpaired) electrons. The minimum absolute atomic E-state index is 0.0826. The Morgan fingerprint density at radius 1 is 1.06 bits per heavy atom. The molecule has 0 bridgehead atoms. The van der Waals surface area contributed by atoms with Crippen molar-refractivity contribution in [1.29, 1.82) is 0 Å². The average molecular weight is 447 g/mol. The number of carbonyl (C=O) groups is 1. The predicted molar refractivity (Wildman–Crippen MR) is 125 cm³/mol. The van der Waals surface area contributed by atoms with E-state index in [4.69, 9.17) is 9.84 Å². The maximum absolute atomic E-state index is 13.4. The molecule has 2 heterocycles. The van der Waals surface area contributed by atoms with Gasteiger partial charge in [-0.2, -0.15) is 0 Å². The van der Waals surface area contributed by atoms with E-state index in [1.165, 1.54) is 6.33 Å². The number of hydrogen-bond acceptors (Lipinski definition) is 6. The summed E-state index contributed by atoms with van der Waals surface area (Å²) in [6.45, 7) is 4.34. The lowest BCUT2D eigenvalue weighted by molar-refractivity contribution is -0.136. The summed E-state index contributed by atoms with van der Waals surface area (Å²) >= 11 is 0. The van der Waals surface area contributed by atoms with Crippen molar-refractivity contribution in [2.24, 2.45) is 0 Å².